The van der Waals surface area contributed by atoms with Gasteiger partial charge in [0.15, 0.2) is 8.32 Å². The van der Waals surface area contributed by atoms with Crippen LogP contribution in [0.15, 0.2) is 18.3 Å². The summed E-state index contributed by atoms with van der Waals surface area (Å²) in [7, 11) is -2.03. The van der Waals surface area contributed by atoms with Gasteiger partial charge >= 0.3 is 0 Å². The first-order valence-corrected chi connectivity index (χ1v) is 11.3. The topological polar surface area (TPSA) is 51.2 Å². The van der Waals surface area contributed by atoms with Gasteiger partial charge in [-0.1, -0.05) is 47.6 Å². The molecule has 0 fully saturated rings. The first kappa shape index (κ1) is 20.8. The fraction of sp³-hybridized carbons (Fsp3) is 0.632. The van der Waals surface area contributed by atoms with E-state index >= 15 is 0 Å². The number of aromatic nitrogens is 1. The van der Waals surface area contributed by atoms with E-state index in [0.717, 1.165) is 5.56 Å². The normalized spacial score (nSPS) is 15.8. The summed E-state index contributed by atoms with van der Waals surface area (Å²) >= 11 is 0. The van der Waals surface area contributed by atoms with E-state index in [1.165, 1.54) is 6.92 Å². The van der Waals surface area contributed by atoms with E-state index in [9.17, 15) is 4.79 Å². The van der Waals surface area contributed by atoms with E-state index in [4.69, 9.17) is 4.43 Å². The minimum absolute atomic E-state index is 0.0880. The molecule has 4 nitrogen and oxygen atoms in total. The van der Waals surface area contributed by atoms with E-state index < -0.39 is 13.9 Å². The van der Waals surface area contributed by atoms with Gasteiger partial charge in [-0.2, -0.15) is 0 Å². The fourth-order valence-corrected chi connectivity index (χ4v) is 3.72. The highest BCUT2D eigenvalue weighted by Crippen LogP contribution is 2.48. The Kier molecular flexibility index (Phi) is 5.73. The van der Waals surface area contributed by atoms with Crippen molar-refractivity contribution < 1.29 is 9.22 Å². The highest BCUT2D eigenvalue weighted by Gasteiger charge is 2.48. The summed E-state index contributed by atoms with van der Waals surface area (Å²) < 4.78 is 6.76. The molecule has 24 heavy (non-hydrogen) atoms. The molecule has 0 aliphatic heterocycles. The summed E-state index contributed by atoms with van der Waals surface area (Å²) in [6.07, 6.45) is 1.76. The second-order valence-corrected chi connectivity index (χ2v) is 13.8. The minimum atomic E-state index is -2.03. The monoisotopic (exact) mass is 349 g/mol. The lowest BCUT2D eigenvalue weighted by atomic mass is 9.74. The van der Waals surface area contributed by atoms with Gasteiger partial charge in [-0.15, -0.1) is 0 Å². The first-order valence-electron chi connectivity index (χ1n) is 8.40. The molecule has 1 radical (unpaired) electrons. The second-order valence-electron chi connectivity index (χ2n) is 9.05. The lowest BCUT2D eigenvalue weighted by Crippen LogP contribution is -2.52. The van der Waals surface area contributed by atoms with Gasteiger partial charge in [-0.3, -0.25) is 4.79 Å². The number of rotatable bonds is 4. The molecule has 0 bridgehead atoms. The van der Waals surface area contributed by atoms with Crippen molar-refractivity contribution in [3.8, 4) is 0 Å². The number of hydrogen-bond donors (Lipinski definition) is 1. The molecule has 1 rings (SSSR count). The Morgan fingerprint density at radius 3 is 2.04 bits per heavy atom. The molecular formula is C19H33N2O2Si. The van der Waals surface area contributed by atoms with Gasteiger partial charge in [-0.25, -0.2) is 4.98 Å². The average molecular weight is 350 g/mol. The maximum absolute atomic E-state index is 11.2. The van der Waals surface area contributed by atoms with E-state index in [0.29, 0.717) is 5.82 Å². The Balaban J connectivity index is 3.29. The molecule has 0 saturated heterocycles. The molecule has 0 saturated carbocycles. The van der Waals surface area contributed by atoms with Crippen LogP contribution in [-0.2, 0) is 14.8 Å². The molecule has 0 aliphatic carbocycles. The van der Waals surface area contributed by atoms with E-state index in [2.05, 4.69) is 71.9 Å². The fourth-order valence-electron chi connectivity index (χ4n) is 2.12. The highest BCUT2D eigenvalue weighted by atomic mass is 28.4. The Morgan fingerprint density at radius 1 is 1.17 bits per heavy atom. The summed E-state index contributed by atoms with van der Waals surface area (Å²) in [5.74, 6) is 0.402. The Bertz CT molecular complexity index is 583. The highest BCUT2D eigenvalue weighted by molar-refractivity contribution is 6.74. The number of carbonyl (C=O) groups excluding carboxylic acids is 1. The van der Waals surface area contributed by atoms with Gasteiger partial charge in [-0.05, 0) is 36.5 Å². The van der Waals surface area contributed by atoms with Crippen molar-refractivity contribution in [1.82, 2.24) is 4.98 Å². The van der Waals surface area contributed by atoms with E-state index in [1.807, 2.05) is 6.07 Å². The Labute approximate surface area is 148 Å². The number of amides is 1. The Hall–Kier alpha value is -1.20. The zero-order valence-corrected chi connectivity index (χ0v) is 17.7. The lowest BCUT2D eigenvalue weighted by Gasteiger charge is -2.50. The molecule has 1 aromatic heterocycles. The molecule has 135 valence electrons. The lowest BCUT2D eigenvalue weighted by molar-refractivity contribution is -0.114. The van der Waals surface area contributed by atoms with Crippen molar-refractivity contribution >= 4 is 20.0 Å². The molecule has 1 N–H and O–H groups in total. The quantitative estimate of drug-likeness (QED) is 0.766. The maximum Gasteiger partial charge on any atom is 0.222 e. The van der Waals surface area contributed by atoms with Crippen LogP contribution < -0.4 is 5.32 Å². The van der Waals surface area contributed by atoms with Crippen LogP contribution in [0.25, 0.3) is 0 Å². The molecule has 1 atom stereocenters. The number of anilines is 1. The van der Waals surface area contributed by atoms with Gasteiger partial charge in [0.2, 0.25) is 5.91 Å². The molecule has 1 amide bonds. The number of nitrogens with zero attached hydrogens (tertiary/aromatic N) is 1. The van der Waals surface area contributed by atoms with Crippen molar-refractivity contribution in [2.24, 2.45) is 5.41 Å². The van der Waals surface area contributed by atoms with Crippen LogP contribution in [0.1, 0.15) is 54.0 Å². The minimum Gasteiger partial charge on any atom is -0.407 e. The van der Waals surface area contributed by atoms with Crippen LogP contribution >= 0.6 is 0 Å². The number of hydrogen-bond acceptors (Lipinski definition) is 3. The zero-order chi connectivity index (χ0) is 19.0. The molecule has 0 aliphatic rings. The van der Waals surface area contributed by atoms with Crippen molar-refractivity contribution in [2.75, 3.05) is 5.32 Å². The Morgan fingerprint density at radius 2 is 1.71 bits per heavy atom. The van der Waals surface area contributed by atoms with Gasteiger partial charge in [0.25, 0.3) is 0 Å². The van der Waals surface area contributed by atoms with Crippen LogP contribution in [-0.4, -0.2) is 19.2 Å². The van der Waals surface area contributed by atoms with E-state index in [-0.39, 0.29) is 16.4 Å². The summed E-state index contributed by atoms with van der Waals surface area (Å²) in [6.45, 7) is 23.5. The zero-order valence-electron chi connectivity index (χ0n) is 16.7. The van der Waals surface area contributed by atoms with Crippen molar-refractivity contribution in [2.45, 2.75) is 72.2 Å². The third kappa shape index (κ3) is 4.45. The molecule has 5 heteroatoms. The molecule has 1 heterocycles. The average Bonchev–Trinajstić information content (AvgIpc) is 2.35. The van der Waals surface area contributed by atoms with Crippen LogP contribution in [0, 0.1) is 12.3 Å². The van der Waals surface area contributed by atoms with Gasteiger partial charge in [0.05, 0.1) is 5.60 Å². The van der Waals surface area contributed by atoms with Crippen LogP contribution in [0.2, 0.25) is 18.1 Å². The molecule has 1 aromatic rings. The second kappa shape index (κ2) is 6.60. The maximum atomic E-state index is 11.2. The van der Waals surface area contributed by atoms with E-state index in [1.54, 1.807) is 12.3 Å². The van der Waals surface area contributed by atoms with Crippen LogP contribution in [0.3, 0.4) is 0 Å². The summed E-state index contributed by atoms with van der Waals surface area (Å²) in [6, 6.07) is 3.75. The smallest absolute Gasteiger partial charge is 0.222 e. The van der Waals surface area contributed by atoms with Gasteiger partial charge < -0.3 is 9.74 Å². The third-order valence-electron chi connectivity index (χ3n) is 4.98. The molecular weight excluding hydrogens is 316 g/mol. The number of carbonyl (C=O) groups is 1. The molecule has 0 spiro atoms. The molecule has 0 aromatic carbocycles. The first-order chi connectivity index (χ1) is 10.6. The van der Waals surface area contributed by atoms with Gasteiger partial charge in [0, 0.05) is 18.7 Å². The summed E-state index contributed by atoms with van der Waals surface area (Å²) in [5.41, 5.74) is 0.00576. The largest absolute Gasteiger partial charge is 0.407 e. The van der Waals surface area contributed by atoms with Crippen molar-refractivity contribution in [3.05, 3.63) is 30.8 Å². The number of pyridine rings is 1. The van der Waals surface area contributed by atoms with Crippen molar-refractivity contribution in [1.29, 1.82) is 0 Å². The summed E-state index contributed by atoms with van der Waals surface area (Å²) in [5, 5.41) is 2.78. The SMILES string of the molecule is [CH2][C@](O[Si](C)(C)C(C)(C)C)(c1ccc(NC(C)=O)nc1)C(C)(C)C. The van der Waals surface area contributed by atoms with Crippen LogP contribution in [0.4, 0.5) is 5.82 Å². The van der Waals surface area contributed by atoms with Crippen molar-refractivity contribution in [3.63, 3.8) is 0 Å². The standard InChI is InChI=1S/C19H33N2O2Si/c1-14(22)21-16-12-11-15(13-20-16)19(8,17(2,3)4)23-24(9,10)18(5,6)7/h11-13H,8H2,1-7,9-10H3,(H,20,21,22)/t19-/m0/s1. The number of nitrogens with one attached hydrogen (secondary N) is 1. The van der Waals surface area contributed by atoms with Crippen LogP contribution in [0.5, 0.6) is 0 Å². The third-order valence-corrected chi connectivity index (χ3v) is 9.45. The predicted molar refractivity (Wildman–Crippen MR) is 103 cm³/mol. The molecule has 0 unspecified atom stereocenters. The predicted octanol–water partition coefficient (Wildman–Crippen LogP) is 5.14. The van der Waals surface area contributed by atoms with Gasteiger partial charge in [0.1, 0.15) is 5.82 Å². The summed E-state index contributed by atoms with van der Waals surface area (Å²) in [4.78, 5) is 15.5.